The third-order valence-electron chi connectivity index (χ3n) is 3.26. The van der Waals surface area contributed by atoms with Crippen LogP contribution in [0.3, 0.4) is 0 Å². The Labute approximate surface area is 124 Å². The molecule has 1 heterocycles. The Morgan fingerprint density at radius 1 is 1.32 bits per heavy atom. The minimum atomic E-state index is -4.67. The maximum atomic E-state index is 11.6. The number of nitrogens with zero attached hydrogens (tertiary/aromatic N) is 1. The van der Waals surface area contributed by atoms with E-state index in [1.807, 2.05) is 0 Å². The number of aliphatic hydroxyl groups excluding tert-OH is 2. The van der Waals surface area contributed by atoms with Gasteiger partial charge in [0.05, 0.1) is 6.10 Å². The highest BCUT2D eigenvalue weighted by Crippen LogP contribution is 2.33. The van der Waals surface area contributed by atoms with Gasteiger partial charge in [-0.15, -0.1) is 0 Å². The van der Waals surface area contributed by atoms with E-state index in [-0.39, 0.29) is 24.3 Å². The van der Waals surface area contributed by atoms with Gasteiger partial charge in [-0.1, -0.05) is 0 Å². The molecule has 11 nitrogen and oxygen atoms in total. The zero-order chi connectivity index (χ0) is 17.1. The minimum absolute atomic E-state index is 0.0356. The van der Waals surface area contributed by atoms with Crippen LogP contribution in [-0.2, 0) is 10.4 Å². The van der Waals surface area contributed by atoms with Crippen LogP contribution < -0.4 is 17.0 Å². The fraction of sp³-hybridized carbons (Fsp3) is 0.600. The van der Waals surface area contributed by atoms with Gasteiger partial charge < -0.3 is 15.9 Å². The van der Waals surface area contributed by atoms with Crippen LogP contribution in [0, 0.1) is 5.92 Å². The molecule has 3 atom stereocenters. The van der Waals surface area contributed by atoms with Gasteiger partial charge in [-0.2, -0.15) is 8.42 Å². The van der Waals surface area contributed by atoms with Crippen molar-refractivity contribution < 1.29 is 27.7 Å². The second-order valence-corrected chi connectivity index (χ2v) is 5.73. The first-order valence-corrected chi connectivity index (χ1v) is 7.52. The van der Waals surface area contributed by atoms with Crippen LogP contribution >= 0.6 is 0 Å². The zero-order valence-corrected chi connectivity index (χ0v) is 12.1. The molecule has 1 aromatic rings. The summed E-state index contributed by atoms with van der Waals surface area (Å²) in [7, 11) is -4.67. The smallest absolute Gasteiger partial charge is 0.394 e. The molecule has 1 aliphatic carbocycles. The van der Waals surface area contributed by atoms with Gasteiger partial charge in [-0.3, -0.25) is 23.5 Å². The van der Waals surface area contributed by atoms with Gasteiger partial charge >= 0.3 is 16.1 Å². The second-order valence-electron chi connectivity index (χ2n) is 4.83. The largest absolute Gasteiger partial charge is 0.396 e. The summed E-state index contributed by atoms with van der Waals surface area (Å²) in [5.41, 5.74) is 4.26. The zero-order valence-electron chi connectivity index (χ0n) is 11.3. The van der Waals surface area contributed by atoms with E-state index in [1.54, 1.807) is 0 Å². The number of nitrogens with one attached hydrogen (secondary N) is 1. The molecule has 0 amide bonds. The molecule has 126 valence electrons. The molecule has 0 radical (unpaired) electrons. The molecule has 0 bridgehead atoms. The van der Waals surface area contributed by atoms with E-state index in [1.165, 1.54) is 10.8 Å². The van der Waals surface area contributed by atoms with Crippen LogP contribution in [0.1, 0.15) is 18.9 Å². The van der Waals surface area contributed by atoms with Gasteiger partial charge in [-0.05, 0) is 12.8 Å². The third kappa shape index (κ3) is 5.23. The highest BCUT2D eigenvalue weighted by molar-refractivity contribution is 7.79. The Hall–Kier alpha value is -1.73. The number of nitrogens with two attached hydrogens (primary N) is 1. The van der Waals surface area contributed by atoms with Crippen LogP contribution in [-0.4, -0.2) is 50.0 Å². The van der Waals surface area contributed by atoms with Crippen molar-refractivity contribution in [3.63, 3.8) is 0 Å². The van der Waals surface area contributed by atoms with Gasteiger partial charge in [0, 0.05) is 24.8 Å². The molecule has 0 aromatic carbocycles. The summed E-state index contributed by atoms with van der Waals surface area (Å²) in [6, 6.07) is -0.242. The molecule has 22 heavy (non-hydrogen) atoms. The first-order chi connectivity index (χ1) is 10.0. The van der Waals surface area contributed by atoms with Crippen LogP contribution in [0.5, 0.6) is 0 Å². The summed E-state index contributed by atoms with van der Waals surface area (Å²) in [5, 5.41) is 18.7. The number of aromatic amines is 1. The van der Waals surface area contributed by atoms with Crippen molar-refractivity contribution in [2.45, 2.75) is 25.0 Å². The molecule has 12 heteroatoms. The lowest BCUT2D eigenvalue weighted by Gasteiger charge is -2.13. The SMILES string of the molecule is Nc1cn(C2CC(O)C(CO)C2)c(=O)[nH]c1=O.O=S(=O)(O)O. The predicted molar refractivity (Wildman–Crippen MR) is 74.8 cm³/mol. The first kappa shape index (κ1) is 18.3. The van der Waals surface area contributed by atoms with Crippen LogP contribution in [0.15, 0.2) is 15.8 Å². The van der Waals surface area contributed by atoms with Crippen molar-refractivity contribution in [1.29, 1.82) is 0 Å². The maximum absolute atomic E-state index is 11.6. The van der Waals surface area contributed by atoms with Gasteiger partial charge in [0.15, 0.2) is 0 Å². The van der Waals surface area contributed by atoms with Crippen molar-refractivity contribution >= 4 is 16.1 Å². The number of anilines is 1. The number of H-pyrrole nitrogens is 1. The van der Waals surface area contributed by atoms with E-state index in [9.17, 15) is 14.7 Å². The summed E-state index contributed by atoms with van der Waals surface area (Å²) in [4.78, 5) is 24.8. The highest BCUT2D eigenvalue weighted by atomic mass is 32.3. The Morgan fingerprint density at radius 2 is 1.86 bits per heavy atom. The molecule has 3 unspecified atom stereocenters. The molecule has 1 aromatic heterocycles. The van der Waals surface area contributed by atoms with E-state index < -0.39 is 27.8 Å². The topological polar surface area (TPSA) is 196 Å². The van der Waals surface area contributed by atoms with Crippen molar-refractivity contribution in [1.82, 2.24) is 9.55 Å². The van der Waals surface area contributed by atoms with Crippen molar-refractivity contribution in [3.05, 3.63) is 27.0 Å². The van der Waals surface area contributed by atoms with Crippen LogP contribution in [0.25, 0.3) is 0 Å². The van der Waals surface area contributed by atoms with E-state index in [2.05, 4.69) is 4.98 Å². The molecule has 1 fully saturated rings. The molecular weight excluding hydrogens is 322 g/mol. The summed E-state index contributed by atoms with van der Waals surface area (Å²) in [6.45, 7) is -0.120. The van der Waals surface area contributed by atoms with Crippen molar-refractivity contribution in [2.24, 2.45) is 5.92 Å². The van der Waals surface area contributed by atoms with E-state index >= 15 is 0 Å². The molecule has 1 saturated carbocycles. The Bertz CT molecular complexity index is 716. The standard InChI is InChI=1S/C10H15N3O4.H2O4S/c11-7-3-13(10(17)12-9(7)16)6-1-5(4-14)8(15)2-6;1-5(2,3)4/h3,5-6,8,14-15H,1-2,4,11H2,(H,12,16,17);(H2,1,2,3,4). The Kier molecular flexibility index (Phi) is 5.85. The lowest BCUT2D eigenvalue weighted by Crippen LogP contribution is -2.33. The molecule has 1 aliphatic rings. The fourth-order valence-electron chi connectivity index (χ4n) is 2.27. The number of hydrogen-bond donors (Lipinski definition) is 6. The van der Waals surface area contributed by atoms with Gasteiger partial charge in [-0.25, -0.2) is 4.79 Å². The molecule has 0 saturated heterocycles. The van der Waals surface area contributed by atoms with E-state index in [0.29, 0.717) is 12.8 Å². The Balaban J connectivity index is 0.000000422. The second kappa shape index (κ2) is 7.02. The normalized spacial score (nSPS) is 24.6. The average molecular weight is 339 g/mol. The summed E-state index contributed by atoms with van der Waals surface area (Å²) >= 11 is 0. The molecule has 2 rings (SSSR count). The highest BCUT2D eigenvalue weighted by Gasteiger charge is 2.34. The summed E-state index contributed by atoms with van der Waals surface area (Å²) in [5.74, 6) is -0.236. The van der Waals surface area contributed by atoms with Crippen molar-refractivity contribution in [2.75, 3.05) is 12.3 Å². The third-order valence-corrected chi connectivity index (χ3v) is 3.26. The molecule has 0 spiro atoms. The lowest BCUT2D eigenvalue weighted by atomic mass is 10.1. The van der Waals surface area contributed by atoms with E-state index in [4.69, 9.17) is 28.4 Å². The van der Waals surface area contributed by atoms with E-state index in [0.717, 1.165) is 0 Å². The predicted octanol–water partition coefficient (Wildman–Crippen LogP) is -2.23. The summed E-state index contributed by atoms with van der Waals surface area (Å²) in [6.07, 6.45) is 1.52. The summed E-state index contributed by atoms with van der Waals surface area (Å²) < 4.78 is 32.9. The maximum Gasteiger partial charge on any atom is 0.394 e. The van der Waals surface area contributed by atoms with Crippen LogP contribution in [0.4, 0.5) is 5.69 Å². The number of hydrogen-bond acceptors (Lipinski definition) is 7. The van der Waals surface area contributed by atoms with Gasteiger partial charge in [0.25, 0.3) is 5.56 Å². The number of aromatic nitrogens is 2. The lowest BCUT2D eigenvalue weighted by molar-refractivity contribution is 0.0906. The fourth-order valence-corrected chi connectivity index (χ4v) is 2.27. The average Bonchev–Trinajstić information content (AvgIpc) is 2.73. The monoisotopic (exact) mass is 339 g/mol. The molecule has 0 aliphatic heterocycles. The van der Waals surface area contributed by atoms with Gasteiger partial charge in [0.1, 0.15) is 5.69 Å². The Morgan fingerprint density at radius 3 is 2.32 bits per heavy atom. The number of nitrogen functional groups attached to an aromatic ring is 1. The van der Waals surface area contributed by atoms with Crippen molar-refractivity contribution in [3.8, 4) is 0 Å². The van der Waals surface area contributed by atoms with Gasteiger partial charge in [0.2, 0.25) is 0 Å². The minimum Gasteiger partial charge on any atom is -0.396 e. The molecular formula is C10H17N3O8S. The first-order valence-electron chi connectivity index (χ1n) is 6.12. The number of rotatable bonds is 2. The molecule has 7 N–H and O–H groups in total. The quantitative estimate of drug-likeness (QED) is 0.323. The number of aliphatic hydroxyl groups is 2. The van der Waals surface area contributed by atoms with Crippen LogP contribution in [0.2, 0.25) is 0 Å².